The minimum atomic E-state index is -0.262. The number of nitrogens with one attached hydrogen (secondary N) is 2. The summed E-state index contributed by atoms with van der Waals surface area (Å²) in [5, 5.41) is 5.69. The number of benzene rings is 1. The summed E-state index contributed by atoms with van der Waals surface area (Å²) in [6, 6.07) is 8.41. The average Bonchev–Trinajstić information content (AvgIpc) is 3.32. The quantitative estimate of drug-likeness (QED) is 0.710. The highest BCUT2D eigenvalue weighted by atomic mass is 79.9. The number of hydrogen-bond donors (Lipinski definition) is 2. The summed E-state index contributed by atoms with van der Waals surface area (Å²) in [6.45, 7) is 2.87. The molecule has 1 atom stereocenters. The number of carbonyl (C=O) groups is 1. The summed E-state index contributed by atoms with van der Waals surface area (Å²) in [6.07, 6.45) is 4.43. The van der Waals surface area contributed by atoms with Gasteiger partial charge >= 0.3 is 6.03 Å². The molecule has 1 aliphatic heterocycles. The second-order valence-corrected chi connectivity index (χ2v) is 7.31. The van der Waals surface area contributed by atoms with Crippen molar-refractivity contribution in [2.75, 3.05) is 26.2 Å². The van der Waals surface area contributed by atoms with Crippen LogP contribution in [0.2, 0.25) is 0 Å². The van der Waals surface area contributed by atoms with Crippen LogP contribution in [0.1, 0.15) is 30.2 Å². The molecule has 2 amide bonds. The molecular weight excluding hydrogens is 401 g/mol. The van der Waals surface area contributed by atoms with Crippen molar-refractivity contribution in [2.24, 2.45) is 0 Å². The van der Waals surface area contributed by atoms with Crippen LogP contribution in [-0.2, 0) is 6.42 Å². The van der Waals surface area contributed by atoms with Crippen molar-refractivity contribution >= 4 is 22.0 Å². The summed E-state index contributed by atoms with van der Waals surface area (Å²) in [7, 11) is 0. The second-order valence-electron chi connectivity index (χ2n) is 6.40. The van der Waals surface area contributed by atoms with E-state index in [0.29, 0.717) is 25.1 Å². The van der Waals surface area contributed by atoms with Crippen molar-refractivity contribution in [3.05, 3.63) is 58.2 Å². The molecule has 26 heavy (non-hydrogen) atoms. The standard InChI is InChI=1S/C19H23BrFN3O2/c20-15-5-6-16(21)14(12-15)7-8-22-19(25)23-13-17(18-4-3-11-26-18)24-9-1-2-10-24/h3-6,11-12,17H,1-2,7-10,13H2,(H2,22,23,25). The molecule has 1 aromatic heterocycles. The van der Waals surface area contributed by atoms with Gasteiger partial charge in [-0.1, -0.05) is 15.9 Å². The predicted molar refractivity (Wildman–Crippen MR) is 101 cm³/mol. The molecule has 0 saturated carbocycles. The fourth-order valence-corrected chi connectivity index (χ4v) is 3.65. The van der Waals surface area contributed by atoms with Crippen LogP contribution in [0.5, 0.6) is 0 Å². The van der Waals surface area contributed by atoms with Gasteiger partial charge in [0.25, 0.3) is 0 Å². The van der Waals surface area contributed by atoms with E-state index in [0.717, 1.165) is 23.3 Å². The van der Waals surface area contributed by atoms with Crippen LogP contribution >= 0.6 is 15.9 Å². The molecule has 7 heteroatoms. The van der Waals surface area contributed by atoms with Gasteiger partial charge in [0.1, 0.15) is 11.6 Å². The lowest BCUT2D eigenvalue weighted by atomic mass is 10.1. The van der Waals surface area contributed by atoms with Crippen LogP contribution in [0.25, 0.3) is 0 Å². The molecule has 1 aromatic carbocycles. The lowest BCUT2D eigenvalue weighted by Crippen LogP contribution is -2.42. The molecule has 2 heterocycles. The largest absolute Gasteiger partial charge is 0.468 e. The van der Waals surface area contributed by atoms with Crippen molar-refractivity contribution < 1.29 is 13.6 Å². The van der Waals surface area contributed by atoms with Crippen molar-refractivity contribution in [3.63, 3.8) is 0 Å². The first kappa shape index (κ1) is 18.9. The predicted octanol–water partition coefficient (Wildman–Crippen LogP) is 3.86. The van der Waals surface area contributed by atoms with Crippen LogP contribution in [-0.4, -0.2) is 37.1 Å². The Labute approximate surface area is 161 Å². The Morgan fingerprint density at radius 1 is 1.27 bits per heavy atom. The zero-order valence-corrected chi connectivity index (χ0v) is 16.1. The lowest BCUT2D eigenvalue weighted by molar-refractivity contribution is 0.203. The van der Waals surface area contributed by atoms with E-state index in [1.54, 1.807) is 18.4 Å². The molecule has 1 saturated heterocycles. The molecule has 1 unspecified atom stereocenters. The second kappa shape index (κ2) is 9.19. The molecule has 0 spiro atoms. The Hall–Kier alpha value is -1.86. The number of halogens is 2. The normalized spacial score (nSPS) is 15.8. The molecule has 140 valence electrons. The zero-order chi connectivity index (χ0) is 18.4. The lowest BCUT2D eigenvalue weighted by Gasteiger charge is -2.26. The average molecular weight is 424 g/mol. The highest BCUT2D eigenvalue weighted by molar-refractivity contribution is 9.10. The molecule has 3 rings (SSSR count). The van der Waals surface area contributed by atoms with Gasteiger partial charge in [-0.05, 0) is 68.2 Å². The molecule has 2 N–H and O–H groups in total. The summed E-state index contributed by atoms with van der Waals surface area (Å²) in [5.74, 6) is 0.603. The number of hydrogen-bond acceptors (Lipinski definition) is 3. The Bertz CT molecular complexity index is 718. The molecule has 1 aliphatic rings. The van der Waals surface area contributed by atoms with Gasteiger partial charge in [0.2, 0.25) is 0 Å². The smallest absolute Gasteiger partial charge is 0.314 e. The number of furan rings is 1. The Kier molecular flexibility index (Phi) is 6.68. The van der Waals surface area contributed by atoms with E-state index in [2.05, 4.69) is 31.5 Å². The first-order chi connectivity index (χ1) is 12.6. The van der Waals surface area contributed by atoms with Gasteiger partial charge in [0, 0.05) is 17.6 Å². The number of urea groups is 1. The van der Waals surface area contributed by atoms with E-state index in [9.17, 15) is 9.18 Å². The third kappa shape index (κ3) is 5.08. The Balaban J connectivity index is 1.47. The Morgan fingerprint density at radius 2 is 2.08 bits per heavy atom. The first-order valence-electron chi connectivity index (χ1n) is 8.86. The minimum absolute atomic E-state index is 0.0424. The van der Waals surface area contributed by atoms with Crippen LogP contribution in [0.15, 0.2) is 45.5 Å². The molecule has 2 aromatic rings. The highest BCUT2D eigenvalue weighted by Gasteiger charge is 2.25. The van der Waals surface area contributed by atoms with Crippen LogP contribution in [0.4, 0.5) is 9.18 Å². The van der Waals surface area contributed by atoms with E-state index in [4.69, 9.17) is 4.42 Å². The minimum Gasteiger partial charge on any atom is -0.468 e. The van der Waals surface area contributed by atoms with Gasteiger partial charge in [-0.15, -0.1) is 0 Å². The van der Waals surface area contributed by atoms with E-state index >= 15 is 0 Å². The molecular formula is C19H23BrFN3O2. The van der Waals surface area contributed by atoms with Crippen molar-refractivity contribution in [2.45, 2.75) is 25.3 Å². The Morgan fingerprint density at radius 3 is 2.81 bits per heavy atom. The zero-order valence-electron chi connectivity index (χ0n) is 14.5. The number of rotatable bonds is 7. The third-order valence-corrected chi connectivity index (χ3v) is 5.09. The molecule has 5 nitrogen and oxygen atoms in total. The van der Waals surface area contributed by atoms with Gasteiger partial charge < -0.3 is 15.1 Å². The van der Waals surface area contributed by atoms with E-state index in [1.165, 1.54) is 18.9 Å². The molecule has 0 bridgehead atoms. The first-order valence-corrected chi connectivity index (χ1v) is 9.66. The van der Waals surface area contributed by atoms with Gasteiger partial charge in [-0.2, -0.15) is 0 Å². The maximum absolute atomic E-state index is 13.7. The number of amides is 2. The van der Waals surface area contributed by atoms with Crippen molar-refractivity contribution in [3.8, 4) is 0 Å². The van der Waals surface area contributed by atoms with Crippen LogP contribution in [0, 0.1) is 5.82 Å². The van der Waals surface area contributed by atoms with E-state index in [-0.39, 0.29) is 17.9 Å². The fourth-order valence-electron chi connectivity index (χ4n) is 3.24. The maximum Gasteiger partial charge on any atom is 0.314 e. The topological polar surface area (TPSA) is 57.5 Å². The van der Waals surface area contributed by atoms with Crippen LogP contribution in [0.3, 0.4) is 0 Å². The summed E-state index contributed by atoms with van der Waals surface area (Å²) in [4.78, 5) is 14.4. The monoisotopic (exact) mass is 423 g/mol. The molecule has 1 fully saturated rings. The van der Waals surface area contributed by atoms with Gasteiger partial charge in [-0.3, -0.25) is 4.90 Å². The van der Waals surface area contributed by atoms with Gasteiger partial charge in [-0.25, -0.2) is 9.18 Å². The summed E-state index contributed by atoms with van der Waals surface area (Å²) in [5.41, 5.74) is 0.574. The molecule has 0 aliphatic carbocycles. The third-order valence-electron chi connectivity index (χ3n) is 4.60. The molecule has 0 radical (unpaired) electrons. The van der Waals surface area contributed by atoms with Gasteiger partial charge in [0.15, 0.2) is 0 Å². The summed E-state index contributed by atoms with van der Waals surface area (Å²) >= 11 is 3.33. The SMILES string of the molecule is O=C(NCCc1cc(Br)ccc1F)NCC(c1ccco1)N1CCCC1. The van der Waals surface area contributed by atoms with Crippen molar-refractivity contribution in [1.29, 1.82) is 0 Å². The highest BCUT2D eigenvalue weighted by Crippen LogP contribution is 2.24. The maximum atomic E-state index is 13.7. The number of nitrogens with zero attached hydrogens (tertiary/aromatic N) is 1. The summed E-state index contributed by atoms with van der Waals surface area (Å²) < 4.78 is 20.1. The van der Waals surface area contributed by atoms with Crippen molar-refractivity contribution in [1.82, 2.24) is 15.5 Å². The van der Waals surface area contributed by atoms with E-state index < -0.39 is 0 Å². The van der Waals surface area contributed by atoms with Crippen LogP contribution < -0.4 is 10.6 Å². The fraction of sp³-hybridized carbons (Fsp3) is 0.421. The number of carbonyl (C=O) groups excluding carboxylic acids is 1. The van der Waals surface area contributed by atoms with E-state index in [1.807, 2.05) is 12.1 Å². The number of likely N-dealkylation sites (tertiary alicyclic amines) is 1. The van der Waals surface area contributed by atoms with Gasteiger partial charge in [0.05, 0.1) is 12.3 Å².